The molecule has 1 aliphatic heterocycles. The maximum Gasteiger partial charge on any atom is 0.231 e. The van der Waals surface area contributed by atoms with Crippen LogP contribution in [0.2, 0.25) is 0 Å². The molecule has 0 radical (unpaired) electrons. The summed E-state index contributed by atoms with van der Waals surface area (Å²) in [7, 11) is 0. The van der Waals surface area contributed by atoms with Crippen molar-refractivity contribution >= 4 is 5.91 Å². The summed E-state index contributed by atoms with van der Waals surface area (Å²) in [5.74, 6) is 0.401. The molecule has 5 heteroatoms. The van der Waals surface area contributed by atoms with Crippen LogP contribution in [0.1, 0.15) is 43.7 Å². The topological polar surface area (TPSA) is 47.6 Å². The predicted octanol–water partition coefficient (Wildman–Crippen LogP) is 4.37. The molecule has 0 unspecified atom stereocenters. The summed E-state index contributed by atoms with van der Waals surface area (Å²) in [4.78, 5) is 13.2. The molecular weight excluding hydrogens is 357 g/mol. The number of ether oxygens (including phenoxy) is 2. The zero-order valence-electron chi connectivity index (χ0n) is 16.4. The highest BCUT2D eigenvalue weighted by atomic mass is 19.1. The third kappa shape index (κ3) is 4.90. The van der Waals surface area contributed by atoms with E-state index in [1.165, 1.54) is 12.1 Å². The molecule has 2 aromatic carbocycles. The minimum Gasteiger partial charge on any atom is -0.494 e. The van der Waals surface area contributed by atoms with Gasteiger partial charge in [0.15, 0.2) is 0 Å². The van der Waals surface area contributed by atoms with Crippen molar-refractivity contribution in [2.75, 3.05) is 19.8 Å². The van der Waals surface area contributed by atoms with E-state index < -0.39 is 5.41 Å². The van der Waals surface area contributed by atoms with E-state index in [1.807, 2.05) is 30.3 Å². The van der Waals surface area contributed by atoms with Crippen LogP contribution in [0.3, 0.4) is 0 Å². The molecule has 0 bridgehead atoms. The van der Waals surface area contributed by atoms with Crippen LogP contribution in [0.15, 0.2) is 48.5 Å². The van der Waals surface area contributed by atoms with Crippen molar-refractivity contribution in [2.45, 2.75) is 44.6 Å². The molecule has 0 aromatic heterocycles. The first-order valence-electron chi connectivity index (χ1n) is 9.98. The van der Waals surface area contributed by atoms with E-state index in [0.717, 1.165) is 24.2 Å². The maximum atomic E-state index is 13.8. The van der Waals surface area contributed by atoms with Crippen molar-refractivity contribution in [1.29, 1.82) is 0 Å². The van der Waals surface area contributed by atoms with Crippen LogP contribution in [-0.4, -0.2) is 25.7 Å². The Morgan fingerprint density at radius 3 is 2.71 bits per heavy atom. The van der Waals surface area contributed by atoms with Crippen LogP contribution in [0, 0.1) is 5.82 Å². The van der Waals surface area contributed by atoms with Crippen molar-refractivity contribution in [3.05, 3.63) is 65.5 Å². The van der Waals surface area contributed by atoms with Gasteiger partial charge < -0.3 is 14.8 Å². The first-order valence-corrected chi connectivity index (χ1v) is 9.98. The zero-order valence-corrected chi connectivity index (χ0v) is 16.4. The van der Waals surface area contributed by atoms with Crippen LogP contribution in [0.5, 0.6) is 5.75 Å². The highest BCUT2D eigenvalue weighted by Gasteiger charge is 2.41. The quantitative estimate of drug-likeness (QED) is 0.687. The number of nitrogens with one attached hydrogen (secondary N) is 1. The largest absolute Gasteiger partial charge is 0.494 e. The van der Waals surface area contributed by atoms with Crippen LogP contribution < -0.4 is 10.1 Å². The second-order valence-corrected chi connectivity index (χ2v) is 7.24. The summed E-state index contributed by atoms with van der Waals surface area (Å²) in [5.41, 5.74) is 0.934. The zero-order chi connectivity index (χ0) is 19.8. The van der Waals surface area contributed by atoms with Gasteiger partial charge >= 0.3 is 0 Å². The Kier molecular flexibility index (Phi) is 7.04. The molecule has 0 spiro atoms. The molecule has 0 atom stereocenters. The van der Waals surface area contributed by atoms with Gasteiger partial charge in [-0.1, -0.05) is 37.6 Å². The minimum absolute atomic E-state index is 0.0845. The van der Waals surface area contributed by atoms with E-state index >= 15 is 0 Å². The second-order valence-electron chi connectivity index (χ2n) is 7.24. The van der Waals surface area contributed by atoms with Gasteiger partial charge in [-0.2, -0.15) is 0 Å². The number of hydrogen-bond acceptors (Lipinski definition) is 3. The number of amides is 1. The Labute approximate surface area is 166 Å². The third-order valence-corrected chi connectivity index (χ3v) is 5.28. The predicted molar refractivity (Wildman–Crippen MR) is 107 cm³/mol. The van der Waals surface area contributed by atoms with Gasteiger partial charge in [-0.05, 0) is 54.7 Å². The average molecular weight is 385 g/mol. The number of carbonyl (C=O) groups is 1. The van der Waals surface area contributed by atoms with E-state index in [0.29, 0.717) is 44.8 Å². The summed E-state index contributed by atoms with van der Waals surface area (Å²) in [5, 5.41) is 3.05. The number of benzene rings is 2. The second kappa shape index (κ2) is 9.69. The molecule has 1 saturated heterocycles. The molecule has 1 aliphatic rings. The monoisotopic (exact) mass is 385 g/mol. The lowest BCUT2D eigenvalue weighted by Crippen LogP contribution is -2.47. The standard InChI is InChI=1S/C23H28FNO3/c1-2-3-12-28-21-9-4-6-18(15-21)17-25-22(26)23(10-13-27-14-11-23)19-7-5-8-20(24)16-19/h4-9,15-16H,2-3,10-14,17H2,1H3,(H,25,26). The first kappa shape index (κ1) is 20.3. The van der Waals surface area contributed by atoms with Gasteiger partial charge in [-0.3, -0.25) is 4.79 Å². The molecule has 1 amide bonds. The number of rotatable bonds is 8. The van der Waals surface area contributed by atoms with E-state index in [4.69, 9.17) is 9.47 Å². The SMILES string of the molecule is CCCCOc1cccc(CNC(=O)C2(c3cccc(F)c3)CCOCC2)c1. The normalized spacial score (nSPS) is 15.8. The van der Waals surface area contributed by atoms with Gasteiger partial charge in [-0.25, -0.2) is 4.39 Å². The lowest BCUT2D eigenvalue weighted by Gasteiger charge is -2.36. The molecule has 2 aromatic rings. The smallest absolute Gasteiger partial charge is 0.231 e. The van der Waals surface area contributed by atoms with Gasteiger partial charge in [0.2, 0.25) is 5.91 Å². The molecule has 1 fully saturated rings. The fourth-order valence-electron chi connectivity index (χ4n) is 3.58. The van der Waals surface area contributed by atoms with Crippen molar-refractivity contribution in [2.24, 2.45) is 0 Å². The van der Waals surface area contributed by atoms with E-state index in [-0.39, 0.29) is 11.7 Å². The Balaban J connectivity index is 1.70. The molecule has 0 aliphatic carbocycles. The van der Waals surface area contributed by atoms with Crippen LogP contribution >= 0.6 is 0 Å². The fraction of sp³-hybridized carbons (Fsp3) is 0.435. The molecule has 150 valence electrons. The summed E-state index contributed by atoms with van der Waals surface area (Å²) >= 11 is 0. The molecule has 1 N–H and O–H groups in total. The highest BCUT2D eigenvalue weighted by molar-refractivity contribution is 5.88. The fourth-order valence-corrected chi connectivity index (χ4v) is 3.58. The number of halogens is 1. The van der Waals surface area contributed by atoms with Gasteiger partial charge in [0.25, 0.3) is 0 Å². The van der Waals surface area contributed by atoms with Crippen molar-refractivity contribution in [1.82, 2.24) is 5.32 Å². The van der Waals surface area contributed by atoms with Gasteiger partial charge in [0, 0.05) is 19.8 Å². The van der Waals surface area contributed by atoms with Crippen molar-refractivity contribution in [3.63, 3.8) is 0 Å². The summed E-state index contributed by atoms with van der Waals surface area (Å²) in [6.45, 7) is 4.20. The van der Waals surface area contributed by atoms with E-state index in [9.17, 15) is 9.18 Å². The van der Waals surface area contributed by atoms with Crippen LogP contribution in [0.4, 0.5) is 4.39 Å². The van der Waals surface area contributed by atoms with Crippen molar-refractivity contribution < 1.29 is 18.7 Å². The van der Waals surface area contributed by atoms with Gasteiger partial charge in [0.05, 0.1) is 12.0 Å². The van der Waals surface area contributed by atoms with Gasteiger partial charge in [0.1, 0.15) is 11.6 Å². The number of unbranched alkanes of at least 4 members (excludes halogenated alkanes) is 1. The average Bonchev–Trinajstić information content (AvgIpc) is 2.73. The third-order valence-electron chi connectivity index (χ3n) is 5.28. The Hall–Kier alpha value is -2.40. The molecule has 28 heavy (non-hydrogen) atoms. The minimum atomic E-state index is -0.754. The van der Waals surface area contributed by atoms with E-state index in [2.05, 4.69) is 12.2 Å². The Morgan fingerprint density at radius 1 is 1.18 bits per heavy atom. The molecular formula is C23H28FNO3. The Bertz CT molecular complexity index is 787. The molecule has 0 saturated carbocycles. The van der Waals surface area contributed by atoms with Crippen LogP contribution in [-0.2, 0) is 21.5 Å². The summed E-state index contributed by atoms with van der Waals surface area (Å²) in [6, 6.07) is 14.1. The molecule has 4 nitrogen and oxygen atoms in total. The number of carbonyl (C=O) groups excluding carboxylic acids is 1. The molecule has 3 rings (SSSR count). The summed E-state index contributed by atoms with van der Waals surface area (Å²) < 4.78 is 25.0. The highest BCUT2D eigenvalue weighted by Crippen LogP contribution is 2.35. The number of hydrogen-bond donors (Lipinski definition) is 1. The summed E-state index contributed by atoms with van der Waals surface area (Å²) in [6.07, 6.45) is 3.19. The lowest BCUT2D eigenvalue weighted by molar-refractivity contribution is -0.130. The molecule has 1 heterocycles. The lowest BCUT2D eigenvalue weighted by atomic mass is 9.73. The van der Waals surface area contributed by atoms with E-state index in [1.54, 1.807) is 6.07 Å². The van der Waals surface area contributed by atoms with Gasteiger partial charge in [-0.15, -0.1) is 0 Å². The van der Waals surface area contributed by atoms with Crippen LogP contribution in [0.25, 0.3) is 0 Å². The Morgan fingerprint density at radius 2 is 1.96 bits per heavy atom. The first-order chi connectivity index (χ1) is 13.6. The maximum absolute atomic E-state index is 13.8. The van der Waals surface area contributed by atoms with Crippen molar-refractivity contribution in [3.8, 4) is 5.75 Å².